The Morgan fingerprint density at radius 3 is 2.45 bits per heavy atom. The van der Waals surface area contributed by atoms with Crippen molar-refractivity contribution >= 4 is 17.4 Å². The second-order valence-corrected chi connectivity index (χ2v) is 5.40. The van der Waals surface area contributed by atoms with Crippen LogP contribution in [0.3, 0.4) is 0 Å². The Labute approximate surface area is 127 Å². The average molecular weight is 297 g/mol. The van der Waals surface area contributed by atoms with Crippen molar-refractivity contribution in [3.8, 4) is 5.75 Å². The molecule has 0 aliphatic carbocycles. The van der Waals surface area contributed by atoms with Gasteiger partial charge in [0, 0.05) is 16.8 Å². The maximum atomic E-state index is 12.6. The van der Waals surface area contributed by atoms with E-state index in [2.05, 4.69) is 5.32 Å². The Balaban J connectivity index is 2.00. The quantitative estimate of drug-likeness (QED) is 0.757. The molecule has 1 aliphatic rings. The van der Waals surface area contributed by atoms with Crippen molar-refractivity contribution in [3.63, 3.8) is 0 Å². The highest BCUT2D eigenvalue weighted by atomic mass is 16.3. The van der Waals surface area contributed by atoms with Crippen LogP contribution in [0.5, 0.6) is 5.75 Å². The van der Waals surface area contributed by atoms with Crippen LogP contribution in [-0.2, 0) is 10.4 Å². The number of hydrogen-bond acceptors (Lipinski definition) is 4. The summed E-state index contributed by atoms with van der Waals surface area (Å²) in [5.41, 5.74) is -0.651. The number of phenolic OH excluding ortho intramolecular Hbond substituents is 1. The fraction of sp³-hybridized carbons (Fsp3) is 0.176. The standard InChI is InChI=1S/C17H15NO4/c1-10(15(20)11-6-8-12(19)9-7-11)17(22)13-4-2-3-5-14(13)18-16(17)21/h2-10,19,22H,1H3,(H,18,21). The Bertz CT molecular complexity index is 754. The predicted octanol–water partition coefficient (Wildman–Crippen LogP) is 2.05. The predicted molar refractivity (Wildman–Crippen MR) is 80.6 cm³/mol. The van der Waals surface area contributed by atoms with Gasteiger partial charge in [-0.15, -0.1) is 0 Å². The Morgan fingerprint density at radius 1 is 1.14 bits per heavy atom. The largest absolute Gasteiger partial charge is 0.508 e. The van der Waals surface area contributed by atoms with Crippen molar-refractivity contribution in [2.75, 3.05) is 5.32 Å². The van der Waals surface area contributed by atoms with Gasteiger partial charge >= 0.3 is 0 Å². The molecule has 2 aromatic rings. The zero-order valence-corrected chi connectivity index (χ0v) is 11.9. The molecule has 2 unspecified atom stereocenters. The number of benzene rings is 2. The molecule has 0 saturated heterocycles. The van der Waals surface area contributed by atoms with Gasteiger partial charge in [0.05, 0.1) is 5.92 Å². The average Bonchev–Trinajstić information content (AvgIpc) is 2.79. The molecule has 112 valence electrons. The van der Waals surface area contributed by atoms with Crippen molar-refractivity contribution in [2.24, 2.45) is 5.92 Å². The first-order valence-electron chi connectivity index (χ1n) is 6.91. The van der Waals surface area contributed by atoms with Gasteiger partial charge < -0.3 is 15.5 Å². The van der Waals surface area contributed by atoms with Crippen molar-refractivity contribution in [2.45, 2.75) is 12.5 Å². The zero-order valence-electron chi connectivity index (χ0n) is 11.9. The molecule has 0 spiro atoms. The molecule has 0 saturated carbocycles. The fourth-order valence-electron chi connectivity index (χ4n) is 2.76. The molecule has 2 aromatic carbocycles. The number of phenols is 1. The minimum Gasteiger partial charge on any atom is -0.508 e. The molecule has 22 heavy (non-hydrogen) atoms. The van der Waals surface area contributed by atoms with Crippen LogP contribution < -0.4 is 5.32 Å². The molecule has 3 rings (SSSR count). The van der Waals surface area contributed by atoms with Gasteiger partial charge in [0.25, 0.3) is 5.91 Å². The van der Waals surface area contributed by atoms with Crippen molar-refractivity contribution in [1.29, 1.82) is 0 Å². The number of Topliss-reactive ketones (excluding diaryl/α,β-unsaturated/α-hetero) is 1. The molecule has 0 fully saturated rings. The number of amides is 1. The van der Waals surface area contributed by atoms with Crippen LogP contribution in [0.1, 0.15) is 22.8 Å². The lowest BCUT2D eigenvalue weighted by atomic mass is 9.79. The smallest absolute Gasteiger partial charge is 0.261 e. The number of ketones is 1. The minimum atomic E-state index is -1.90. The first kappa shape index (κ1) is 14.3. The van der Waals surface area contributed by atoms with E-state index in [1.54, 1.807) is 24.3 Å². The summed E-state index contributed by atoms with van der Waals surface area (Å²) < 4.78 is 0. The van der Waals surface area contributed by atoms with E-state index in [0.717, 1.165) is 0 Å². The van der Waals surface area contributed by atoms with E-state index in [0.29, 0.717) is 16.8 Å². The number of nitrogens with one attached hydrogen (secondary N) is 1. The number of anilines is 1. The van der Waals surface area contributed by atoms with Crippen LogP contribution in [0.2, 0.25) is 0 Å². The van der Waals surface area contributed by atoms with Gasteiger partial charge in [-0.2, -0.15) is 0 Å². The highest BCUT2D eigenvalue weighted by molar-refractivity contribution is 6.10. The highest BCUT2D eigenvalue weighted by Gasteiger charge is 2.51. The summed E-state index contributed by atoms with van der Waals surface area (Å²) in [6, 6.07) is 12.5. The van der Waals surface area contributed by atoms with Crippen LogP contribution in [0.4, 0.5) is 5.69 Å². The van der Waals surface area contributed by atoms with Crippen LogP contribution in [0.25, 0.3) is 0 Å². The van der Waals surface area contributed by atoms with E-state index < -0.39 is 17.4 Å². The summed E-state index contributed by atoms with van der Waals surface area (Å²) in [6.07, 6.45) is 0. The SMILES string of the molecule is CC(C(=O)c1ccc(O)cc1)C1(O)C(=O)Nc2ccccc21. The molecule has 2 atom stereocenters. The van der Waals surface area contributed by atoms with Crippen LogP contribution in [0, 0.1) is 5.92 Å². The van der Waals surface area contributed by atoms with E-state index in [4.69, 9.17) is 0 Å². The normalized spacial score (nSPS) is 21.1. The molecule has 0 aromatic heterocycles. The van der Waals surface area contributed by atoms with Crippen molar-refractivity contribution in [3.05, 3.63) is 59.7 Å². The maximum Gasteiger partial charge on any atom is 0.261 e. The van der Waals surface area contributed by atoms with Crippen LogP contribution >= 0.6 is 0 Å². The minimum absolute atomic E-state index is 0.0480. The third kappa shape index (κ3) is 1.98. The molecule has 1 heterocycles. The summed E-state index contributed by atoms with van der Waals surface area (Å²) >= 11 is 0. The summed E-state index contributed by atoms with van der Waals surface area (Å²) in [7, 11) is 0. The van der Waals surface area contributed by atoms with E-state index in [1.807, 2.05) is 0 Å². The van der Waals surface area contributed by atoms with Gasteiger partial charge in [-0.3, -0.25) is 9.59 Å². The first-order valence-corrected chi connectivity index (χ1v) is 6.91. The molecule has 0 bridgehead atoms. The molecule has 5 nitrogen and oxygen atoms in total. The molecule has 5 heteroatoms. The number of carbonyl (C=O) groups excluding carboxylic acids is 2. The number of fused-ring (bicyclic) bond motifs is 1. The molecule has 1 amide bonds. The van der Waals surface area contributed by atoms with Gasteiger partial charge in [-0.25, -0.2) is 0 Å². The summed E-state index contributed by atoms with van der Waals surface area (Å²) in [6.45, 7) is 1.52. The number of aromatic hydroxyl groups is 1. The van der Waals surface area contributed by atoms with E-state index in [1.165, 1.54) is 31.2 Å². The monoisotopic (exact) mass is 297 g/mol. The van der Waals surface area contributed by atoms with Crippen molar-refractivity contribution in [1.82, 2.24) is 0 Å². The number of rotatable bonds is 3. The fourth-order valence-corrected chi connectivity index (χ4v) is 2.76. The van der Waals surface area contributed by atoms with Crippen LogP contribution in [0.15, 0.2) is 48.5 Å². The van der Waals surface area contributed by atoms with Gasteiger partial charge in [-0.05, 0) is 30.3 Å². The summed E-state index contributed by atoms with van der Waals surface area (Å²) in [4.78, 5) is 24.8. The van der Waals surface area contributed by atoms with Crippen LogP contribution in [-0.4, -0.2) is 21.9 Å². The van der Waals surface area contributed by atoms with E-state index in [-0.39, 0.29) is 11.5 Å². The molecule has 1 aliphatic heterocycles. The number of carbonyl (C=O) groups is 2. The maximum absolute atomic E-state index is 12.6. The van der Waals surface area contributed by atoms with Crippen molar-refractivity contribution < 1.29 is 19.8 Å². The Kier molecular flexibility index (Phi) is 3.22. The molecular weight excluding hydrogens is 282 g/mol. The summed E-state index contributed by atoms with van der Waals surface area (Å²) in [5.74, 6) is -1.88. The highest BCUT2D eigenvalue weighted by Crippen LogP contribution is 2.41. The van der Waals surface area contributed by atoms with Gasteiger partial charge in [-0.1, -0.05) is 25.1 Å². The second-order valence-electron chi connectivity index (χ2n) is 5.40. The zero-order chi connectivity index (χ0) is 15.9. The number of hydrogen-bond donors (Lipinski definition) is 3. The van der Waals surface area contributed by atoms with E-state index >= 15 is 0 Å². The number of para-hydroxylation sites is 1. The third-order valence-electron chi connectivity index (χ3n) is 4.10. The first-order chi connectivity index (χ1) is 10.4. The number of aliphatic hydroxyl groups is 1. The molecule has 3 N–H and O–H groups in total. The lowest BCUT2D eigenvalue weighted by molar-refractivity contribution is -0.137. The van der Waals surface area contributed by atoms with Gasteiger partial charge in [0.2, 0.25) is 0 Å². The van der Waals surface area contributed by atoms with Gasteiger partial charge in [0.1, 0.15) is 5.75 Å². The third-order valence-corrected chi connectivity index (χ3v) is 4.10. The van der Waals surface area contributed by atoms with Gasteiger partial charge in [0.15, 0.2) is 11.4 Å². The molecule has 0 radical (unpaired) electrons. The second kappa shape index (κ2) is 4.96. The lowest BCUT2D eigenvalue weighted by Gasteiger charge is -2.27. The van der Waals surface area contributed by atoms with E-state index in [9.17, 15) is 19.8 Å². The molecular formula is C17H15NO4. The topological polar surface area (TPSA) is 86.6 Å². The Hall–Kier alpha value is -2.66. The summed E-state index contributed by atoms with van der Waals surface area (Å²) in [5, 5.41) is 22.8. The lowest BCUT2D eigenvalue weighted by Crippen LogP contribution is -2.44. The Morgan fingerprint density at radius 2 is 1.77 bits per heavy atom.